The zero-order valence-corrected chi connectivity index (χ0v) is 13.8. The van der Waals surface area contributed by atoms with E-state index in [0.717, 1.165) is 42.8 Å². The first-order valence-electron chi connectivity index (χ1n) is 8.26. The third-order valence-electron chi connectivity index (χ3n) is 4.31. The molecule has 0 radical (unpaired) electrons. The first kappa shape index (κ1) is 15.8. The Morgan fingerprint density at radius 3 is 2.74 bits per heavy atom. The number of aryl methyl sites for hydroxylation is 2. The van der Waals surface area contributed by atoms with Crippen molar-refractivity contribution in [1.29, 1.82) is 0 Å². The Morgan fingerprint density at radius 2 is 2.00 bits per heavy atom. The van der Waals surface area contributed by atoms with E-state index >= 15 is 0 Å². The molecule has 1 aromatic heterocycles. The van der Waals surface area contributed by atoms with Crippen LogP contribution in [0.3, 0.4) is 0 Å². The molecule has 0 amide bonds. The summed E-state index contributed by atoms with van der Waals surface area (Å²) in [7, 11) is 0. The third-order valence-corrected chi connectivity index (χ3v) is 4.31. The molecule has 0 unspecified atom stereocenters. The molecule has 2 aromatic rings. The van der Waals surface area contributed by atoms with Gasteiger partial charge in [0.25, 0.3) is 5.56 Å². The second-order valence-corrected chi connectivity index (χ2v) is 6.30. The largest absolute Gasteiger partial charge is 0.490 e. The predicted octanol–water partition coefficient (Wildman–Crippen LogP) is 2.64. The summed E-state index contributed by atoms with van der Waals surface area (Å²) in [5, 5.41) is 3.36. The highest BCUT2D eigenvalue weighted by molar-refractivity contribution is 5.44. The molecule has 1 N–H and O–H groups in total. The average Bonchev–Trinajstić information content (AvgIpc) is 2.54. The fraction of sp³-hybridized carbons (Fsp3) is 0.421. The number of nitrogens with one attached hydrogen (secondary N) is 1. The van der Waals surface area contributed by atoms with Gasteiger partial charge in [-0.05, 0) is 51.4 Å². The maximum Gasteiger partial charge on any atom is 0.250 e. The van der Waals surface area contributed by atoms with Gasteiger partial charge in [0, 0.05) is 17.8 Å². The molecule has 0 aliphatic carbocycles. The van der Waals surface area contributed by atoms with E-state index in [0.29, 0.717) is 6.54 Å². The summed E-state index contributed by atoms with van der Waals surface area (Å²) in [5.41, 5.74) is 3.43. The van der Waals surface area contributed by atoms with E-state index in [-0.39, 0.29) is 11.7 Å². The van der Waals surface area contributed by atoms with Crippen molar-refractivity contribution in [3.8, 4) is 5.75 Å². The van der Waals surface area contributed by atoms with Gasteiger partial charge in [-0.2, -0.15) is 0 Å². The highest BCUT2D eigenvalue weighted by Crippen LogP contribution is 2.28. The highest BCUT2D eigenvalue weighted by Gasteiger charge is 2.18. The Hall–Kier alpha value is -2.07. The fourth-order valence-electron chi connectivity index (χ4n) is 3.18. The second-order valence-electron chi connectivity index (χ2n) is 6.30. The predicted molar refractivity (Wildman–Crippen MR) is 92.2 cm³/mol. The van der Waals surface area contributed by atoms with Crippen molar-refractivity contribution in [3.05, 3.63) is 63.6 Å². The molecule has 1 aromatic carbocycles. The number of benzene rings is 1. The normalized spacial score (nSPS) is 15.6. The quantitative estimate of drug-likeness (QED) is 0.944. The SMILES string of the molecule is Cc1cc(C)c(OC2CCNCC2)c(Cn2ccccc2=O)c1. The van der Waals surface area contributed by atoms with Crippen LogP contribution in [0.25, 0.3) is 0 Å². The minimum atomic E-state index is 0.0134. The molecule has 122 valence electrons. The van der Waals surface area contributed by atoms with Crippen LogP contribution < -0.4 is 15.6 Å². The van der Waals surface area contributed by atoms with Gasteiger partial charge in [0.1, 0.15) is 11.9 Å². The van der Waals surface area contributed by atoms with Crippen LogP contribution in [0.1, 0.15) is 29.5 Å². The first-order chi connectivity index (χ1) is 11.1. The van der Waals surface area contributed by atoms with Crippen molar-refractivity contribution in [2.75, 3.05) is 13.1 Å². The van der Waals surface area contributed by atoms with Crippen LogP contribution in [0.4, 0.5) is 0 Å². The molecule has 0 saturated carbocycles. The van der Waals surface area contributed by atoms with E-state index in [2.05, 4.69) is 31.3 Å². The molecular weight excluding hydrogens is 288 g/mol. The topological polar surface area (TPSA) is 43.3 Å². The number of hydrogen-bond acceptors (Lipinski definition) is 3. The molecule has 0 bridgehead atoms. The van der Waals surface area contributed by atoms with Gasteiger partial charge in [-0.25, -0.2) is 0 Å². The summed E-state index contributed by atoms with van der Waals surface area (Å²) in [6.07, 6.45) is 4.13. The van der Waals surface area contributed by atoms with E-state index in [4.69, 9.17) is 4.74 Å². The third kappa shape index (κ3) is 3.82. The smallest absolute Gasteiger partial charge is 0.250 e. The van der Waals surface area contributed by atoms with Crippen molar-refractivity contribution in [2.24, 2.45) is 0 Å². The maximum atomic E-state index is 12.0. The standard InChI is InChI=1S/C19H24N2O2/c1-14-11-15(2)19(23-17-6-8-20-9-7-17)16(12-14)13-21-10-4-3-5-18(21)22/h3-5,10-12,17,20H,6-9,13H2,1-2H3. The van der Waals surface area contributed by atoms with Crippen molar-refractivity contribution in [2.45, 2.75) is 39.3 Å². The number of piperidine rings is 1. The Kier molecular flexibility index (Phi) is 4.82. The Morgan fingerprint density at radius 1 is 1.22 bits per heavy atom. The minimum Gasteiger partial charge on any atom is -0.490 e. The number of ether oxygens (including phenoxy) is 1. The maximum absolute atomic E-state index is 12.0. The Balaban J connectivity index is 1.91. The number of rotatable bonds is 4. The summed E-state index contributed by atoms with van der Waals surface area (Å²) < 4.78 is 8.05. The van der Waals surface area contributed by atoms with Gasteiger partial charge in [0.2, 0.25) is 0 Å². The summed E-state index contributed by atoms with van der Waals surface area (Å²) >= 11 is 0. The number of pyridine rings is 1. The van der Waals surface area contributed by atoms with Crippen molar-refractivity contribution < 1.29 is 4.74 Å². The van der Waals surface area contributed by atoms with Crippen LogP contribution in [0.5, 0.6) is 5.75 Å². The molecule has 23 heavy (non-hydrogen) atoms. The van der Waals surface area contributed by atoms with E-state index in [1.54, 1.807) is 16.7 Å². The number of aromatic nitrogens is 1. The summed E-state index contributed by atoms with van der Waals surface area (Å²) in [5.74, 6) is 0.943. The zero-order valence-electron chi connectivity index (χ0n) is 13.8. The van der Waals surface area contributed by atoms with E-state index in [1.807, 2.05) is 12.3 Å². The lowest BCUT2D eigenvalue weighted by molar-refractivity contribution is 0.159. The molecule has 0 spiro atoms. The van der Waals surface area contributed by atoms with Crippen LogP contribution in [0.2, 0.25) is 0 Å². The minimum absolute atomic E-state index is 0.0134. The molecule has 1 aliphatic heterocycles. The lowest BCUT2D eigenvalue weighted by Gasteiger charge is -2.26. The summed E-state index contributed by atoms with van der Waals surface area (Å²) in [4.78, 5) is 12.0. The monoisotopic (exact) mass is 312 g/mol. The lowest BCUT2D eigenvalue weighted by atomic mass is 10.0. The number of hydrogen-bond donors (Lipinski definition) is 1. The molecule has 1 aliphatic rings. The highest BCUT2D eigenvalue weighted by atomic mass is 16.5. The fourth-order valence-corrected chi connectivity index (χ4v) is 3.18. The average molecular weight is 312 g/mol. The van der Waals surface area contributed by atoms with E-state index in [1.165, 1.54) is 5.56 Å². The van der Waals surface area contributed by atoms with Gasteiger partial charge in [-0.15, -0.1) is 0 Å². The van der Waals surface area contributed by atoms with Crippen molar-refractivity contribution >= 4 is 0 Å². The van der Waals surface area contributed by atoms with Crippen LogP contribution in [0.15, 0.2) is 41.3 Å². The van der Waals surface area contributed by atoms with Crippen molar-refractivity contribution in [1.82, 2.24) is 9.88 Å². The van der Waals surface area contributed by atoms with Crippen LogP contribution in [-0.2, 0) is 6.54 Å². The van der Waals surface area contributed by atoms with Gasteiger partial charge < -0.3 is 14.6 Å². The number of nitrogens with zero attached hydrogens (tertiary/aromatic N) is 1. The van der Waals surface area contributed by atoms with E-state index < -0.39 is 0 Å². The molecule has 4 heteroatoms. The molecular formula is C19H24N2O2. The summed E-state index contributed by atoms with van der Waals surface area (Å²) in [6, 6.07) is 9.52. The molecule has 0 atom stereocenters. The Bertz CT molecular complexity index is 730. The molecule has 1 fully saturated rings. The Labute approximate surface area is 137 Å². The molecule has 1 saturated heterocycles. The molecule has 3 rings (SSSR count). The van der Waals surface area contributed by atoms with Gasteiger partial charge in [0.05, 0.1) is 6.54 Å². The zero-order chi connectivity index (χ0) is 16.2. The second kappa shape index (κ2) is 7.01. The van der Waals surface area contributed by atoms with Gasteiger partial charge in [-0.1, -0.05) is 23.8 Å². The van der Waals surface area contributed by atoms with Crippen LogP contribution >= 0.6 is 0 Å². The molecule has 4 nitrogen and oxygen atoms in total. The van der Waals surface area contributed by atoms with Crippen LogP contribution in [-0.4, -0.2) is 23.8 Å². The van der Waals surface area contributed by atoms with E-state index in [9.17, 15) is 4.79 Å². The van der Waals surface area contributed by atoms with Gasteiger partial charge in [-0.3, -0.25) is 4.79 Å². The molecule has 2 heterocycles. The van der Waals surface area contributed by atoms with Gasteiger partial charge in [0.15, 0.2) is 0 Å². The summed E-state index contributed by atoms with van der Waals surface area (Å²) in [6.45, 7) is 6.72. The van der Waals surface area contributed by atoms with Gasteiger partial charge >= 0.3 is 0 Å². The first-order valence-corrected chi connectivity index (χ1v) is 8.26. The lowest BCUT2D eigenvalue weighted by Crippen LogP contribution is -2.34. The van der Waals surface area contributed by atoms with Crippen LogP contribution in [0, 0.1) is 13.8 Å². The van der Waals surface area contributed by atoms with Crippen molar-refractivity contribution in [3.63, 3.8) is 0 Å².